The number of methoxy groups -OCH3 is 1. The monoisotopic (exact) mass is 239 g/mol. The summed E-state index contributed by atoms with van der Waals surface area (Å²) in [6, 6.07) is 4.72. The number of rotatable bonds is 7. The maximum atomic E-state index is 10.6. The topological polar surface area (TPSA) is 76.4 Å². The molecule has 2 N–H and O–H groups in total. The van der Waals surface area contributed by atoms with Gasteiger partial charge in [0.25, 0.3) is 5.69 Å². The molecule has 0 aliphatic carbocycles. The zero-order valence-corrected chi connectivity index (χ0v) is 10.0. The van der Waals surface area contributed by atoms with Crippen LogP contribution in [0.5, 0.6) is 0 Å². The van der Waals surface area contributed by atoms with Gasteiger partial charge in [-0.2, -0.15) is 0 Å². The molecular weight excluding hydrogens is 222 g/mol. The first-order valence-electron chi connectivity index (χ1n) is 5.38. The molecule has 0 fully saturated rings. The molecule has 0 spiro atoms. The number of nitrogens with zero attached hydrogens (tertiary/aromatic N) is 1. The third-order valence-corrected chi connectivity index (χ3v) is 2.31. The van der Waals surface area contributed by atoms with Crippen molar-refractivity contribution >= 4 is 11.4 Å². The average molecular weight is 239 g/mol. The number of benzene rings is 1. The zero-order valence-electron chi connectivity index (χ0n) is 10.0. The predicted molar refractivity (Wildman–Crippen MR) is 66.0 cm³/mol. The van der Waals surface area contributed by atoms with Crippen LogP contribution in [-0.4, -0.2) is 25.2 Å². The van der Waals surface area contributed by atoms with Gasteiger partial charge in [-0.3, -0.25) is 10.1 Å². The minimum atomic E-state index is -0.407. The smallest absolute Gasteiger partial charge is 0.271 e. The fourth-order valence-electron chi connectivity index (χ4n) is 1.32. The van der Waals surface area contributed by atoms with Crippen molar-refractivity contribution < 1.29 is 9.66 Å². The summed E-state index contributed by atoms with van der Waals surface area (Å²) in [5.74, 6) is 0. The number of hydrogen-bond acceptors (Lipinski definition) is 5. The summed E-state index contributed by atoms with van der Waals surface area (Å²) in [4.78, 5) is 10.2. The van der Waals surface area contributed by atoms with Crippen molar-refractivity contribution in [2.75, 3.05) is 25.7 Å². The predicted octanol–water partition coefficient (Wildman–Crippen LogP) is 1.86. The van der Waals surface area contributed by atoms with Crippen LogP contribution in [0, 0.1) is 17.0 Å². The van der Waals surface area contributed by atoms with E-state index >= 15 is 0 Å². The first-order valence-corrected chi connectivity index (χ1v) is 5.38. The number of nitrogens with one attached hydrogen (secondary N) is 2. The second kappa shape index (κ2) is 6.82. The lowest BCUT2D eigenvalue weighted by molar-refractivity contribution is -0.384. The molecule has 17 heavy (non-hydrogen) atoms. The van der Waals surface area contributed by atoms with E-state index in [0.717, 1.165) is 24.2 Å². The molecule has 0 bridgehead atoms. The van der Waals surface area contributed by atoms with Crippen LogP contribution >= 0.6 is 0 Å². The molecule has 94 valence electrons. The van der Waals surface area contributed by atoms with Gasteiger partial charge in [0.2, 0.25) is 0 Å². The van der Waals surface area contributed by atoms with Crippen LogP contribution in [0.15, 0.2) is 18.2 Å². The Balaban J connectivity index is 2.51. The van der Waals surface area contributed by atoms with E-state index in [1.54, 1.807) is 13.2 Å². The Morgan fingerprint density at radius 1 is 1.47 bits per heavy atom. The van der Waals surface area contributed by atoms with Crippen molar-refractivity contribution in [1.29, 1.82) is 0 Å². The Hall–Kier alpha value is -1.66. The molecule has 0 aliphatic heterocycles. The van der Waals surface area contributed by atoms with E-state index in [0.29, 0.717) is 6.61 Å². The quantitative estimate of drug-likeness (QED) is 0.431. The van der Waals surface area contributed by atoms with Gasteiger partial charge in [0.1, 0.15) is 0 Å². The minimum Gasteiger partial charge on any atom is -0.385 e. The Morgan fingerprint density at radius 3 is 2.88 bits per heavy atom. The summed E-state index contributed by atoms with van der Waals surface area (Å²) >= 11 is 0. The van der Waals surface area contributed by atoms with Crippen LogP contribution < -0.4 is 10.9 Å². The van der Waals surface area contributed by atoms with Gasteiger partial charge < -0.3 is 10.2 Å². The minimum absolute atomic E-state index is 0.0804. The molecule has 0 radical (unpaired) electrons. The molecule has 1 rings (SSSR count). The van der Waals surface area contributed by atoms with Crippen molar-refractivity contribution in [2.24, 2.45) is 0 Å². The lowest BCUT2D eigenvalue weighted by Crippen LogP contribution is -2.24. The molecule has 1 aromatic carbocycles. The Morgan fingerprint density at radius 2 is 2.24 bits per heavy atom. The molecule has 0 aliphatic rings. The first kappa shape index (κ1) is 13.4. The highest BCUT2D eigenvalue weighted by atomic mass is 16.6. The Labute approximate surface area is 100 Å². The molecule has 0 heterocycles. The van der Waals surface area contributed by atoms with Gasteiger partial charge in [-0.15, -0.1) is 0 Å². The third kappa shape index (κ3) is 4.38. The summed E-state index contributed by atoms with van der Waals surface area (Å²) in [5.41, 5.74) is 7.70. The largest absolute Gasteiger partial charge is 0.385 e. The van der Waals surface area contributed by atoms with Crippen molar-refractivity contribution in [3.05, 3.63) is 33.9 Å². The molecule has 0 saturated heterocycles. The molecule has 0 saturated carbocycles. The second-order valence-corrected chi connectivity index (χ2v) is 3.65. The van der Waals surface area contributed by atoms with Crippen LogP contribution in [-0.2, 0) is 4.74 Å². The molecule has 0 atom stereocenters. The number of hydrazine groups is 1. The van der Waals surface area contributed by atoms with Gasteiger partial charge in [0, 0.05) is 32.4 Å². The van der Waals surface area contributed by atoms with Crippen molar-refractivity contribution in [3.63, 3.8) is 0 Å². The second-order valence-electron chi connectivity index (χ2n) is 3.65. The number of anilines is 1. The summed E-state index contributed by atoms with van der Waals surface area (Å²) in [5, 5.41) is 10.6. The van der Waals surface area contributed by atoms with Crippen molar-refractivity contribution in [1.82, 2.24) is 5.43 Å². The summed E-state index contributed by atoms with van der Waals surface area (Å²) in [6.07, 6.45) is 0.872. The van der Waals surface area contributed by atoms with Gasteiger partial charge in [-0.05, 0) is 18.9 Å². The number of nitro benzene ring substituents is 1. The Kier molecular flexibility index (Phi) is 5.38. The lowest BCUT2D eigenvalue weighted by atomic mass is 10.2. The van der Waals surface area contributed by atoms with Gasteiger partial charge in [0.05, 0.1) is 10.6 Å². The number of nitro groups is 1. The van der Waals surface area contributed by atoms with E-state index < -0.39 is 4.92 Å². The SMILES string of the molecule is COCCCNNc1cc([N+](=O)[O-])ccc1C. The van der Waals surface area contributed by atoms with Crippen LogP contribution in [0.2, 0.25) is 0 Å². The highest BCUT2D eigenvalue weighted by molar-refractivity contribution is 5.56. The van der Waals surface area contributed by atoms with Gasteiger partial charge >= 0.3 is 0 Å². The molecule has 6 nitrogen and oxygen atoms in total. The van der Waals surface area contributed by atoms with Gasteiger partial charge in [0.15, 0.2) is 0 Å². The third-order valence-electron chi connectivity index (χ3n) is 2.31. The summed E-state index contributed by atoms with van der Waals surface area (Å²) < 4.78 is 4.91. The number of aryl methyl sites for hydroxylation is 1. The van der Waals surface area contributed by atoms with E-state index in [-0.39, 0.29) is 5.69 Å². The van der Waals surface area contributed by atoms with Crippen LogP contribution in [0.4, 0.5) is 11.4 Å². The summed E-state index contributed by atoms with van der Waals surface area (Å²) in [7, 11) is 1.65. The summed E-state index contributed by atoms with van der Waals surface area (Å²) in [6.45, 7) is 3.31. The molecule has 0 amide bonds. The number of hydrogen-bond donors (Lipinski definition) is 2. The number of ether oxygens (including phenoxy) is 1. The fraction of sp³-hybridized carbons (Fsp3) is 0.455. The molecule has 0 unspecified atom stereocenters. The lowest BCUT2D eigenvalue weighted by Gasteiger charge is -2.10. The van der Waals surface area contributed by atoms with E-state index in [9.17, 15) is 10.1 Å². The zero-order chi connectivity index (χ0) is 12.7. The maximum absolute atomic E-state index is 10.6. The highest BCUT2D eigenvalue weighted by Crippen LogP contribution is 2.20. The molecule has 1 aromatic rings. The molecular formula is C11H17N3O3. The maximum Gasteiger partial charge on any atom is 0.271 e. The first-order chi connectivity index (χ1) is 8.15. The standard InChI is InChI=1S/C11H17N3O3/c1-9-4-5-10(14(15)16)8-11(9)13-12-6-3-7-17-2/h4-5,8,12-13H,3,6-7H2,1-2H3. The number of non-ortho nitro benzene ring substituents is 1. The van der Waals surface area contributed by atoms with E-state index in [1.165, 1.54) is 12.1 Å². The highest BCUT2D eigenvalue weighted by Gasteiger charge is 2.07. The van der Waals surface area contributed by atoms with Gasteiger partial charge in [-0.1, -0.05) is 6.07 Å². The van der Waals surface area contributed by atoms with Crippen LogP contribution in [0.3, 0.4) is 0 Å². The van der Waals surface area contributed by atoms with E-state index in [1.807, 2.05) is 6.92 Å². The molecule has 0 aromatic heterocycles. The molecule has 6 heteroatoms. The van der Waals surface area contributed by atoms with Gasteiger partial charge in [-0.25, -0.2) is 5.43 Å². The van der Waals surface area contributed by atoms with Crippen molar-refractivity contribution in [2.45, 2.75) is 13.3 Å². The average Bonchev–Trinajstić information content (AvgIpc) is 2.30. The van der Waals surface area contributed by atoms with Crippen LogP contribution in [0.1, 0.15) is 12.0 Å². The fourth-order valence-corrected chi connectivity index (χ4v) is 1.32. The normalized spacial score (nSPS) is 10.2. The van der Waals surface area contributed by atoms with E-state index in [4.69, 9.17) is 4.74 Å². The van der Waals surface area contributed by atoms with Crippen LogP contribution in [0.25, 0.3) is 0 Å². The van der Waals surface area contributed by atoms with E-state index in [2.05, 4.69) is 10.9 Å². The Bertz CT molecular complexity index is 382. The van der Waals surface area contributed by atoms with Crippen molar-refractivity contribution in [3.8, 4) is 0 Å².